The summed E-state index contributed by atoms with van der Waals surface area (Å²) >= 11 is 0. The molecule has 1 N–H and O–H groups in total. The second-order valence-electron chi connectivity index (χ2n) is 11.4. The summed E-state index contributed by atoms with van der Waals surface area (Å²) in [5.74, 6) is 2.68. The van der Waals surface area contributed by atoms with Crippen LogP contribution in [0.1, 0.15) is 85.0 Å². The summed E-state index contributed by atoms with van der Waals surface area (Å²) in [4.78, 5) is 29.7. The van der Waals surface area contributed by atoms with Crippen molar-refractivity contribution < 1.29 is 14.4 Å². The molecule has 0 radical (unpaired) electrons. The molecule has 5 rings (SSSR count). The lowest BCUT2D eigenvalue weighted by Crippen LogP contribution is -2.51. The third-order valence-electron chi connectivity index (χ3n) is 10.1. The summed E-state index contributed by atoms with van der Waals surface area (Å²) < 4.78 is 0. The first-order chi connectivity index (χ1) is 14.8. The molecule has 4 aliphatic carbocycles. The van der Waals surface area contributed by atoms with E-state index in [1.165, 1.54) is 31.3 Å². The van der Waals surface area contributed by atoms with Gasteiger partial charge in [0.2, 0.25) is 0 Å². The van der Waals surface area contributed by atoms with Gasteiger partial charge in [-0.05, 0) is 106 Å². The van der Waals surface area contributed by atoms with Crippen molar-refractivity contribution in [2.24, 2.45) is 39.7 Å². The van der Waals surface area contributed by atoms with Crippen molar-refractivity contribution >= 4 is 29.9 Å². The number of ketones is 1. The van der Waals surface area contributed by atoms with Crippen molar-refractivity contribution in [3.05, 3.63) is 11.6 Å². The highest BCUT2D eigenvalue weighted by Crippen LogP contribution is 2.66. The molecule has 0 aromatic rings. The van der Waals surface area contributed by atoms with Crippen LogP contribution < -0.4 is 5.32 Å². The molecule has 1 aliphatic heterocycles. The number of hydrogen-bond donors (Lipinski definition) is 1. The molecular weight excluding hydrogens is 424 g/mol. The normalized spacial score (nSPS) is 43.5. The SMILES string of the molecule is C/C(=N\OC(=O)[C@@H]1CCCN1)[C@H]1CC[C@H]2[C@@H]3CCC4=CC(=O)CC[C@]4(C)[C@H]3CC[C@]12C.Cl. The Morgan fingerprint density at radius 1 is 1.09 bits per heavy atom. The molecule has 0 bridgehead atoms. The van der Waals surface area contributed by atoms with Crippen LogP contribution in [0.4, 0.5) is 0 Å². The van der Waals surface area contributed by atoms with Crippen LogP contribution in [0.3, 0.4) is 0 Å². The van der Waals surface area contributed by atoms with E-state index in [4.69, 9.17) is 4.84 Å². The van der Waals surface area contributed by atoms with Gasteiger partial charge in [-0.3, -0.25) is 4.79 Å². The second kappa shape index (κ2) is 8.87. The van der Waals surface area contributed by atoms with Crippen molar-refractivity contribution in [1.82, 2.24) is 5.32 Å². The van der Waals surface area contributed by atoms with Crippen molar-refractivity contribution in [2.45, 2.75) is 91.0 Å². The van der Waals surface area contributed by atoms with E-state index < -0.39 is 0 Å². The number of oxime groups is 1. The summed E-state index contributed by atoms with van der Waals surface area (Å²) in [6, 6.07) is -0.188. The zero-order valence-electron chi connectivity index (χ0n) is 19.8. The molecule has 178 valence electrons. The number of nitrogens with zero attached hydrogens (tertiary/aromatic N) is 1. The minimum atomic E-state index is -0.230. The third-order valence-corrected chi connectivity index (χ3v) is 10.1. The topological polar surface area (TPSA) is 67.8 Å². The van der Waals surface area contributed by atoms with E-state index in [0.29, 0.717) is 23.5 Å². The molecule has 1 heterocycles. The van der Waals surface area contributed by atoms with Crippen molar-refractivity contribution in [3.8, 4) is 0 Å². The molecule has 1 saturated heterocycles. The van der Waals surface area contributed by atoms with Crippen LogP contribution in [0.25, 0.3) is 0 Å². The van der Waals surface area contributed by atoms with Gasteiger partial charge < -0.3 is 10.2 Å². The van der Waals surface area contributed by atoms with E-state index in [9.17, 15) is 9.59 Å². The largest absolute Gasteiger partial charge is 0.351 e. The average molecular weight is 463 g/mol. The van der Waals surface area contributed by atoms with E-state index in [2.05, 4.69) is 31.2 Å². The predicted molar refractivity (Wildman–Crippen MR) is 128 cm³/mol. The van der Waals surface area contributed by atoms with Crippen LogP contribution in [0, 0.1) is 34.5 Å². The summed E-state index contributed by atoms with van der Waals surface area (Å²) in [7, 11) is 0. The molecule has 32 heavy (non-hydrogen) atoms. The first-order valence-electron chi connectivity index (χ1n) is 12.6. The Labute approximate surface area is 198 Å². The standard InChI is InChI=1S/C26H38N2O3.ClH/c1-16(28-31-24(30)23-5-4-14-27-23)20-8-9-21-19-7-6-17-15-18(29)10-12-25(17,2)22(19)11-13-26(20,21)3;/h15,19-23,27H,4-14H2,1-3H3;1H/b28-16+;/t19-,20+,21-,22-,23-,25-,26+;/m0./s1. The minimum Gasteiger partial charge on any atom is -0.317 e. The lowest BCUT2D eigenvalue weighted by atomic mass is 9.46. The van der Waals surface area contributed by atoms with Gasteiger partial charge in [0, 0.05) is 12.3 Å². The fourth-order valence-corrected chi connectivity index (χ4v) is 8.38. The van der Waals surface area contributed by atoms with E-state index in [1.807, 2.05) is 6.08 Å². The molecule has 0 aromatic heterocycles. The molecule has 0 amide bonds. The van der Waals surface area contributed by atoms with Crippen molar-refractivity contribution in [1.29, 1.82) is 0 Å². The van der Waals surface area contributed by atoms with Gasteiger partial charge in [-0.2, -0.15) is 0 Å². The first kappa shape index (κ1) is 23.9. The number of halogens is 1. The number of nitrogens with one attached hydrogen (secondary N) is 1. The fourth-order valence-electron chi connectivity index (χ4n) is 8.38. The summed E-state index contributed by atoms with van der Waals surface area (Å²) in [5, 5.41) is 7.55. The number of carbonyl (C=O) groups excluding carboxylic acids is 2. The number of carbonyl (C=O) groups is 2. The lowest BCUT2D eigenvalue weighted by molar-refractivity contribution is -0.145. The van der Waals surface area contributed by atoms with Crippen LogP contribution in [-0.4, -0.2) is 30.1 Å². The maximum absolute atomic E-state index is 12.3. The molecular formula is C26H39ClN2O3. The summed E-state index contributed by atoms with van der Waals surface area (Å²) in [6.45, 7) is 7.87. The maximum atomic E-state index is 12.3. The van der Waals surface area contributed by atoms with Gasteiger partial charge in [0.05, 0.1) is 5.71 Å². The van der Waals surface area contributed by atoms with Crippen molar-refractivity contribution in [3.63, 3.8) is 0 Å². The summed E-state index contributed by atoms with van der Waals surface area (Å²) in [5.41, 5.74) is 2.91. The lowest BCUT2D eigenvalue weighted by Gasteiger charge is -2.58. The highest BCUT2D eigenvalue weighted by molar-refractivity contribution is 5.91. The molecule has 6 heteroatoms. The highest BCUT2D eigenvalue weighted by atomic mass is 35.5. The van der Waals surface area contributed by atoms with Gasteiger partial charge in [-0.15, -0.1) is 12.4 Å². The molecule has 0 spiro atoms. The van der Waals surface area contributed by atoms with Crippen LogP contribution in [0.2, 0.25) is 0 Å². The smallest absolute Gasteiger partial charge is 0.317 e. The fraction of sp³-hybridized carbons (Fsp3) is 0.808. The Morgan fingerprint density at radius 2 is 1.91 bits per heavy atom. The second-order valence-corrected chi connectivity index (χ2v) is 11.4. The molecule has 7 atom stereocenters. The maximum Gasteiger partial charge on any atom is 0.351 e. The van der Waals surface area contributed by atoms with Gasteiger partial charge in [-0.25, -0.2) is 4.79 Å². The van der Waals surface area contributed by atoms with Gasteiger partial charge in [-0.1, -0.05) is 24.6 Å². The Bertz CT molecular complexity index is 833. The van der Waals surface area contributed by atoms with Gasteiger partial charge >= 0.3 is 5.97 Å². The quantitative estimate of drug-likeness (QED) is 0.354. The molecule has 3 saturated carbocycles. The van der Waals surface area contributed by atoms with Crippen LogP contribution >= 0.6 is 12.4 Å². The highest BCUT2D eigenvalue weighted by Gasteiger charge is 2.59. The zero-order chi connectivity index (χ0) is 21.8. The average Bonchev–Trinajstić information content (AvgIpc) is 3.40. The zero-order valence-corrected chi connectivity index (χ0v) is 20.6. The molecule has 5 nitrogen and oxygen atoms in total. The van der Waals surface area contributed by atoms with Crippen LogP contribution in [-0.2, 0) is 14.4 Å². The van der Waals surface area contributed by atoms with Crippen molar-refractivity contribution in [2.75, 3.05) is 6.54 Å². The van der Waals surface area contributed by atoms with E-state index in [-0.39, 0.29) is 35.2 Å². The third kappa shape index (κ3) is 3.77. The van der Waals surface area contributed by atoms with E-state index in [0.717, 1.165) is 56.7 Å². The number of allylic oxidation sites excluding steroid dienone is 1. The molecule has 0 aromatic carbocycles. The molecule has 0 unspecified atom stereocenters. The minimum absolute atomic E-state index is 0. The van der Waals surface area contributed by atoms with Gasteiger partial charge in [0.15, 0.2) is 5.78 Å². The Hall–Kier alpha value is -1.20. The Morgan fingerprint density at radius 3 is 2.66 bits per heavy atom. The van der Waals surface area contributed by atoms with Gasteiger partial charge in [0.25, 0.3) is 0 Å². The number of rotatable bonds is 3. The monoisotopic (exact) mass is 462 g/mol. The first-order valence-corrected chi connectivity index (χ1v) is 12.6. The molecule has 5 aliphatic rings. The van der Waals surface area contributed by atoms with Gasteiger partial charge in [0.1, 0.15) is 6.04 Å². The van der Waals surface area contributed by atoms with Crippen LogP contribution in [0.15, 0.2) is 16.8 Å². The number of hydrogen-bond acceptors (Lipinski definition) is 5. The molecule has 4 fully saturated rings. The summed E-state index contributed by atoms with van der Waals surface area (Å²) in [6.07, 6.45) is 12.8. The Balaban J connectivity index is 0.00000245. The van der Waals surface area contributed by atoms with Crippen LogP contribution in [0.5, 0.6) is 0 Å². The predicted octanol–water partition coefficient (Wildman–Crippen LogP) is 5.23. The number of fused-ring (bicyclic) bond motifs is 5. The van der Waals surface area contributed by atoms with E-state index >= 15 is 0 Å². The van der Waals surface area contributed by atoms with E-state index in [1.54, 1.807) is 0 Å². The Kier molecular flexibility index (Phi) is 6.63.